The third-order valence-corrected chi connectivity index (χ3v) is 3.05. The number of esters is 1. The topological polar surface area (TPSA) is 82.8 Å². The first-order chi connectivity index (χ1) is 10.7. The van der Waals surface area contributed by atoms with Gasteiger partial charge in [-0.25, -0.2) is 9.78 Å². The highest BCUT2D eigenvalue weighted by Gasteiger charge is 2.12. The Labute approximate surface area is 130 Å². The van der Waals surface area contributed by atoms with Crippen molar-refractivity contribution in [3.05, 3.63) is 65.2 Å². The Balaban J connectivity index is 1.71. The summed E-state index contributed by atoms with van der Waals surface area (Å²) in [5.41, 5.74) is 1.09. The van der Waals surface area contributed by atoms with Crippen LogP contribution in [0.5, 0.6) is 0 Å². The molecule has 7 nitrogen and oxygen atoms in total. The van der Waals surface area contributed by atoms with E-state index < -0.39 is 5.97 Å². The second kappa shape index (κ2) is 6.31. The Morgan fingerprint density at radius 2 is 2.00 bits per heavy atom. The molecule has 0 atom stereocenters. The van der Waals surface area contributed by atoms with Crippen molar-refractivity contribution in [3.63, 3.8) is 0 Å². The van der Waals surface area contributed by atoms with Crippen LogP contribution < -0.4 is 0 Å². The van der Waals surface area contributed by atoms with Crippen LogP contribution >= 0.6 is 11.6 Å². The Kier molecular flexibility index (Phi) is 4.06. The first kappa shape index (κ1) is 14.2. The normalized spacial score (nSPS) is 10.4. The van der Waals surface area contributed by atoms with Gasteiger partial charge in [0.1, 0.15) is 5.15 Å². The van der Waals surface area contributed by atoms with Crippen LogP contribution in [0.3, 0.4) is 0 Å². The van der Waals surface area contributed by atoms with Crippen LogP contribution in [0, 0.1) is 0 Å². The van der Waals surface area contributed by atoms with E-state index in [9.17, 15) is 4.79 Å². The van der Waals surface area contributed by atoms with E-state index >= 15 is 0 Å². The van der Waals surface area contributed by atoms with E-state index in [1.165, 1.54) is 23.0 Å². The van der Waals surface area contributed by atoms with E-state index in [2.05, 4.69) is 20.5 Å². The van der Waals surface area contributed by atoms with Gasteiger partial charge in [-0.1, -0.05) is 29.8 Å². The molecule has 0 saturated carbocycles. The summed E-state index contributed by atoms with van der Waals surface area (Å²) in [4.78, 5) is 15.7. The minimum absolute atomic E-state index is 0.0522. The Morgan fingerprint density at radius 1 is 1.18 bits per heavy atom. The fraction of sp³-hybridized carbons (Fsp3) is 0.0714. The van der Waals surface area contributed by atoms with Crippen LogP contribution in [0.2, 0.25) is 5.15 Å². The SMILES string of the molecule is O=C(OCc1nnnn1-c1ccccc1)c1ccc(Cl)nc1. The smallest absolute Gasteiger partial charge is 0.340 e. The van der Waals surface area contributed by atoms with E-state index in [4.69, 9.17) is 16.3 Å². The molecular weight excluding hydrogens is 306 g/mol. The molecule has 0 amide bonds. The third-order valence-electron chi connectivity index (χ3n) is 2.83. The summed E-state index contributed by atoms with van der Waals surface area (Å²) in [6, 6.07) is 12.4. The molecule has 3 aromatic rings. The first-order valence-electron chi connectivity index (χ1n) is 6.35. The molecule has 2 aromatic heterocycles. The minimum atomic E-state index is -0.522. The molecule has 0 spiro atoms. The van der Waals surface area contributed by atoms with E-state index in [1.54, 1.807) is 0 Å². The molecule has 3 rings (SSSR count). The second-order valence-electron chi connectivity index (χ2n) is 4.29. The summed E-state index contributed by atoms with van der Waals surface area (Å²) in [6.07, 6.45) is 1.35. The van der Waals surface area contributed by atoms with Gasteiger partial charge in [-0.05, 0) is 34.7 Å². The molecule has 2 heterocycles. The maximum Gasteiger partial charge on any atom is 0.340 e. The van der Waals surface area contributed by atoms with Crippen LogP contribution in [-0.4, -0.2) is 31.2 Å². The summed E-state index contributed by atoms with van der Waals surface area (Å²) >= 11 is 5.67. The predicted octanol–water partition coefficient (Wildman–Crippen LogP) is 2.07. The highest BCUT2D eigenvalue weighted by Crippen LogP contribution is 2.10. The molecule has 22 heavy (non-hydrogen) atoms. The molecule has 0 fully saturated rings. The van der Waals surface area contributed by atoms with Crippen molar-refractivity contribution in [1.82, 2.24) is 25.2 Å². The highest BCUT2D eigenvalue weighted by molar-refractivity contribution is 6.29. The van der Waals surface area contributed by atoms with Gasteiger partial charge in [0.05, 0.1) is 11.3 Å². The number of tetrazole rings is 1. The van der Waals surface area contributed by atoms with Gasteiger partial charge in [-0.2, -0.15) is 4.68 Å². The van der Waals surface area contributed by atoms with E-state index in [-0.39, 0.29) is 6.61 Å². The molecule has 110 valence electrons. The Hall–Kier alpha value is -2.80. The number of nitrogens with zero attached hydrogens (tertiary/aromatic N) is 5. The van der Waals surface area contributed by atoms with Gasteiger partial charge >= 0.3 is 5.97 Å². The minimum Gasteiger partial charge on any atom is -0.454 e. The summed E-state index contributed by atoms with van der Waals surface area (Å²) in [5, 5.41) is 11.7. The molecular formula is C14H10ClN5O2. The average molecular weight is 316 g/mol. The fourth-order valence-corrected chi connectivity index (χ4v) is 1.89. The number of carbonyl (C=O) groups excluding carboxylic acids is 1. The summed E-state index contributed by atoms with van der Waals surface area (Å²) in [5.74, 6) is -0.103. The fourth-order valence-electron chi connectivity index (χ4n) is 1.78. The van der Waals surface area contributed by atoms with E-state index in [0.717, 1.165) is 5.69 Å². The molecule has 1 aromatic carbocycles. The number of halogens is 1. The van der Waals surface area contributed by atoms with Gasteiger partial charge < -0.3 is 4.74 Å². The quantitative estimate of drug-likeness (QED) is 0.541. The molecule has 0 bridgehead atoms. The van der Waals surface area contributed by atoms with Crippen molar-refractivity contribution in [2.75, 3.05) is 0 Å². The van der Waals surface area contributed by atoms with Gasteiger partial charge in [0.15, 0.2) is 12.4 Å². The molecule has 0 radical (unpaired) electrons. The van der Waals surface area contributed by atoms with Gasteiger partial charge in [0.25, 0.3) is 0 Å². The van der Waals surface area contributed by atoms with Gasteiger partial charge in [0.2, 0.25) is 0 Å². The lowest BCUT2D eigenvalue weighted by molar-refractivity contribution is 0.0459. The van der Waals surface area contributed by atoms with Crippen molar-refractivity contribution in [1.29, 1.82) is 0 Å². The molecule has 0 aliphatic carbocycles. The zero-order valence-corrected chi connectivity index (χ0v) is 12.0. The standard InChI is InChI=1S/C14H10ClN5O2/c15-12-7-6-10(8-16-12)14(21)22-9-13-17-18-19-20(13)11-4-2-1-3-5-11/h1-8H,9H2. The summed E-state index contributed by atoms with van der Waals surface area (Å²) in [7, 11) is 0. The predicted molar refractivity (Wildman–Crippen MR) is 77.5 cm³/mol. The number of benzene rings is 1. The molecule has 0 unspecified atom stereocenters. The van der Waals surface area contributed by atoms with E-state index in [0.29, 0.717) is 16.5 Å². The first-order valence-corrected chi connectivity index (χ1v) is 6.73. The van der Waals surface area contributed by atoms with Crippen molar-refractivity contribution in [2.24, 2.45) is 0 Å². The number of rotatable bonds is 4. The third kappa shape index (κ3) is 3.09. The van der Waals surface area contributed by atoms with Crippen LogP contribution in [0.4, 0.5) is 0 Å². The van der Waals surface area contributed by atoms with Gasteiger partial charge in [0, 0.05) is 6.20 Å². The number of ether oxygens (including phenoxy) is 1. The number of para-hydroxylation sites is 1. The molecule has 8 heteroatoms. The Bertz CT molecular complexity index is 773. The number of pyridine rings is 1. The van der Waals surface area contributed by atoms with Crippen molar-refractivity contribution in [2.45, 2.75) is 6.61 Å². The largest absolute Gasteiger partial charge is 0.454 e. The molecule has 0 aliphatic rings. The van der Waals surface area contributed by atoms with Crippen molar-refractivity contribution < 1.29 is 9.53 Å². The second-order valence-corrected chi connectivity index (χ2v) is 4.68. The molecule has 0 saturated heterocycles. The Morgan fingerprint density at radius 3 is 2.73 bits per heavy atom. The number of hydrogen-bond donors (Lipinski definition) is 0. The van der Waals surface area contributed by atoms with E-state index in [1.807, 2.05) is 30.3 Å². The lowest BCUT2D eigenvalue weighted by Gasteiger charge is -2.05. The number of carbonyl (C=O) groups is 1. The zero-order chi connectivity index (χ0) is 15.4. The summed E-state index contributed by atoms with van der Waals surface area (Å²) in [6.45, 7) is -0.0522. The number of aromatic nitrogens is 5. The lowest BCUT2D eigenvalue weighted by Crippen LogP contribution is -2.10. The van der Waals surface area contributed by atoms with Crippen LogP contribution in [0.1, 0.15) is 16.2 Å². The maximum absolute atomic E-state index is 11.9. The van der Waals surface area contributed by atoms with Crippen molar-refractivity contribution in [3.8, 4) is 5.69 Å². The maximum atomic E-state index is 11.9. The van der Waals surface area contributed by atoms with Crippen LogP contribution in [-0.2, 0) is 11.3 Å². The summed E-state index contributed by atoms with van der Waals surface area (Å²) < 4.78 is 6.70. The highest BCUT2D eigenvalue weighted by atomic mass is 35.5. The lowest BCUT2D eigenvalue weighted by atomic mass is 10.3. The number of hydrogen-bond acceptors (Lipinski definition) is 6. The molecule has 0 N–H and O–H groups in total. The van der Waals surface area contributed by atoms with Gasteiger partial charge in [-0.15, -0.1) is 5.10 Å². The monoisotopic (exact) mass is 315 g/mol. The van der Waals surface area contributed by atoms with Crippen molar-refractivity contribution >= 4 is 17.6 Å². The average Bonchev–Trinajstić information content (AvgIpc) is 3.02. The zero-order valence-electron chi connectivity index (χ0n) is 11.3. The van der Waals surface area contributed by atoms with Gasteiger partial charge in [-0.3, -0.25) is 0 Å². The van der Waals surface area contributed by atoms with Crippen LogP contribution in [0.25, 0.3) is 5.69 Å². The molecule has 0 aliphatic heterocycles. The van der Waals surface area contributed by atoms with Crippen LogP contribution in [0.15, 0.2) is 48.7 Å².